The van der Waals surface area contributed by atoms with Crippen molar-refractivity contribution in [2.24, 2.45) is 0 Å². The molecule has 1 saturated heterocycles. The number of aliphatic hydroxyl groups excluding tert-OH is 2. The van der Waals surface area contributed by atoms with Crippen molar-refractivity contribution in [2.75, 3.05) is 52.9 Å². The molecular weight excluding hydrogens is 242 g/mol. The number of piperazine rings is 1. The van der Waals surface area contributed by atoms with Crippen molar-refractivity contribution in [3.05, 3.63) is 0 Å². The molecule has 0 aromatic rings. The number of rotatable bonds is 6. The minimum atomic E-state index is -0.330. The van der Waals surface area contributed by atoms with Gasteiger partial charge in [0.05, 0.1) is 12.2 Å². The Labute approximate surface area is 118 Å². The fourth-order valence-electron chi connectivity index (χ4n) is 1.89. The van der Waals surface area contributed by atoms with E-state index in [1.807, 2.05) is 0 Å². The van der Waals surface area contributed by atoms with Gasteiger partial charge in [-0.3, -0.25) is 0 Å². The number of likely N-dealkylation sites (N-methyl/N-ethyl adjacent to an activating group) is 1. The van der Waals surface area contributed by atoms with E-state index >= 15 is 0 Å². The molecule has 116 valence electrons. The molecular formula is C14H33N3O2. The van der Waals surface area contributed by atoms with E-state index in [1.165, 1.54) is 39.1 Å². The molecule has 1 rings (SSSR count). The number of aliphatic hydroxyl groups is 2. The highest BCUT2D eigenvalue weighted by Crippen LogP contribution is 1.98. The third kappa shape index (κ3) is 12.6. The van der Waals surface area contributed by atoms with Crippen molar-refractivity contribution in [3.8, 4) is 0 Å². The zero-order valence-electron chi connectivity index (χ0n) is 13.1. The van der Waals surface area contributed by atoms with Crippen LogP contribution in [0.1, 0.15) is 27.2 Å². The van der Waals surface area contributed by atoms with Crippen molar-refractivity contribution in [3.63, 3.8) is 0 Å². The van der Waals surface area contributed by atoms with Crippen molar-refractivity contribution in [1.29, 1.82) is 0 Å². The van der Waals surface area contributed by atoms with Crippen molar-refractivity contribution >= 4 is 0 Å². The summed E-state index contributed by atoms with van der Waals surface area (Å²) >= 11 is 0. The molecule has 1 aliphatic heterocycles. The molecule has 0 amide bonds. The van der Waals surface area contributed by atoms with Crippen LogP contribution in [0.5, 0.6) is 0 Å². The van der Waals surface area contributed by atoms with E-state index in [-0.39, 0.29) is 12.2 Å². The molecule has 0 bridgehead atoms. The predicted octanol–water partition coefficient (Wildman–Crippen LogP) is -0.0186. The molecule has 5 nitrogen and oxygen atoms in total. The van der Waals surface area contributed by atoms with Gasteiger partial charge in [-0.25, -0.2) is 0 Å². The van der Waals surface area contributed by atoms with Gasteiger partial charge in [0.1, 0.15) is 0 Å². The van der Waals surface area contributed by atoms with E-state index in [1.54, 1.807) is 13.8 Å². The Bertz CT molecular complexity index is 185. The van der Waals surface area contributed by atoms with Crippen LogP contribution in [-0.4, -0.2) is 85.1 Å². The Balaban J connectivity index is 0.000000344. The average molecular weight is 275 g/mol. The summed E-state index contributed by atoms with van der Waals surface area (Å²) in [6.45, 7) is 13.1. The molecule has 0 aromatic carbocycles. The largest absolute Gasteiger partial charge is 0.392 e. The summed E-state index contributed by atoms with van der Waals surface area (Å²) in [5.74, 6) is 0. The minimum absolute atomic E-state index is 0.330. The molecule has 19 heavy (non-hydrogen) atoms. The summed E-state index contributed by atoms with van der Waals surface area (Å²) < 4.78 is 0. The van der Waals surface area contributed by atoms with Gasteiger partial charge in [-0.1, -0.05) is 6.92 Å². The Morgan fingerprint density at radius 3 is 1.84 bits per heavy atom. The van der Waals surface area contributed by atoms with Gasteiger partial charge < -0.3 is 25.3 Å². The second-order valence-corrected chi connectivity index (χ2v) is 5.50. The highest BCUT2D eigenvalue weighted by molar-refractivity contribution is 4.67. The van der Waals surface area contributed by atoms with Gasteiger partial charge in [-0.15, -0.1) is 0 Å². The fourth-order valence-corrected chi connectivity index (χ4v) is 1.89. The third-order valence-electron chi connectivity index (χ3n) is 3.02. The third-order valence-corrected chi connectivity index (χ3v) is 3.02. The van der Waals surface area contributed by atoms with Crippen LogP contribution in [0.25, 0.3) is 0 Å². The quantitative estimate of drug-likeness (QED) is 0.636. The first-order valence-corrected chi connectivity index (χ1v) is 7.43. The molecule has 0 spiro atoms. The molecule has 0 aromatic heterocycles. The molecule has 5 heteroatoms. The maximum Gasteiger partial charge on any atom is 0.0636 e. The summed E-state index contributed by atoms with van der Waals surface area (Å²) in [4.78, 5) is 4.94. The standard InChI is InChI=1S/C8H18N2.C6H15NO2/c1-3-4-10-7-5-9(2)6-8-10;1-5(8)3-7-4-6(2)9/h3-8H2,1-2H3;5-9H,3-4H2,1-2H3. The average Bonchev–Trinajstić information content (AvgIpc) is 2.32. The van der Waals surface area contributed by atoms with Crippen LogP contribution >= 0.6 is 0 Å². The summed E-state index contributed by atoms with van der Waals surface area (Å²) in [7, 11) is 2.20. The Kier molecular flexibility index (Phi) is 11.5. The smallest absolute Gasteiger partial charge is 0.0636 e. The predicted molar refractivity (Wildman–Crippen MR) is 80.5 cm³/mol. The van der Waals surface area contributed by atoms with E-state index in [2.05, 4.69) is 29.1 Å². The monoisotopic (exact) mass is 275 g/mol. The lowest BCUT2D eigenvalue weighted by atomic mass is 10.3. The van der Waals surface area contributed by atoms with Crippen LogP contribution in [-0.2, 0) is 0 Å². The number of nitrogens with one attached hydrogen (secondary N) is 1. The maximum atomic E-state index is 8.72. The van der Waals surface area contributed by atoms with Crippen LogP contribution < -0.4 is 5.32 Å². The van der Waals surface area contributed by atoms with E-state index < -0.39 is 0 Å². The summed E-state index contributed by atoms with van der Waals surface area (Å²) in [6.07, 6.45) is 0.636. The maximum absolute atomic E-state index is 8.72. The van der Waals surface area contributed by atoms with Crippen LogP contribution in [0, 0.1) is 0 Å². The van der Waals surface area contributed by atoms with Crippen LogP contribution in [0.3, 0.4) is 0 Å². The normalized spacial score (nSPS) is 20.5. The van der Waals surface area contributed by atoms with Gasteiger partial charge >= 0.3 is 0 Å². The number of hydrogen-bond donors (Lipinski definition) is 3. The van der Waals surface area contributed by atoms with Gasteiger partial charge in [0, 0.05) is 39.3 Å². The highest BCUT2D eigenvalue weighted by Gasteiger charge is 2.11. The second-order valence-electron chi connectivity index (χ2n) is 5.50. The molecule has 0 radical (unpaired) electrons. The van der Waals surface area contributed by atoms with E-state index in [9.17, 15) is 0 Å². The van der Waals surface area contributed by atoms with Gasteiger partial charge in [-0.05, 0) is 33.9 Å². The summed E-state index contributed by atoms with van der Waals surface area (Å²) in [5, 5.41) is 20.3. The molecule has 0 aliphatic carbocycles. The molecule has 1 heterocycles. The van der Waals surface area contributed by atoms with Gasteiger partial charge in [0.25, 0.3) is 0 Å². The summed E-state index contributed by atoms with van der Waals surface area (Å²) in [6, 6.07) is 0. The molecule has 1 fully saturated rings. The minimum Gasteiger partial charge on any atom is -0.392 e. The number of nitrogens with zero attached hydrogens (tertiary/aromatic N) is 2. The van der Waals surface area contributed by atoms with Crippen LogP contribution in [0.4, 0.5) is 0 Å². The molecule has 3 N–H and O–H groups in total. The van der Waals surface area contributed by atoms with E-state index in [0.29, 0.717) is 13.1 Å². The molecule has 0 saturated carbocycles. The van der Waals surface area contributed by atoms with Crippen LogP contribution in [0.15, 0.2) is 0 Å². The van der Waals surface area contributed by atoms with Gasteiger partial charge in [0.15, 0.2) is 0 Å². The van der Waals surface area contributed by atoms with Crippen molar-refractivity contribution in [2.45, 2.75) is 39.4 Å². The highest BCUT2D eigenvalue weighted by atomic mass is 16.3. The zero-order valence-corrected chi connectivity index (χ0v) is 13.1. The zero-order chi connectivity index (χ0) is 14.7. The Morgan fingerprint density at radius 1 is 1.00 bits per heavy atom. The van der Waals surface area contributed by atoms with Gasteiger partial charge in [0.2, 0.25) is 0 Å². The van der Waals surface area contributed by atoms with Crippen molar-refractivity contribution < 1.29 is 10.2 Å². The first kappa shape index (κ1) is 18.8. The van der Waals surface area contributed by atoms with Crippen LogP contribution in [0.2, 0.25) is 0 Å². The van der Waals surface area contributed by atoms with E-state index in [0.717, 1.165) is 0 Å². The lowest BCUT2D eigenvalue weighted by Crippen LogP contribution is -2.44. The molecule has 2 atom stereocenters. The second kappa shape index (κ2) is 11.6. The van der Waals surface area contributed by atoms with Crippen molar-refractivity contribution in [1.82, 2.24) is 15.1 Å². The Morgan fingerprint density at radius 2 is 1.47 bits per heavy atom. The lowest BCUT2D eigenvalue weighted by Gasteiger charge is -2.31. The fraction of sp³-hybridized carbons (Fsp3) is 1.00. The topological polar surface area (TPSA) is 59.0 Å². The first-order chi connectivity index (χ1) is 8.95. The lowest BCUT2D eigenvalue weighted by molar-refractivity contribution is 0.154. The SMILES string of the molecule is CC(O)CNCC(C)O.CCCN1CCN(C)CC1. The Hall–Kier alpha value is -0.200. The van der Waals surface area contributed by atoms with Gasteiger partial charge in [-0.2, -0.15) is 0 Å². The van der Waals surface area contributed by atoms with E-state index in [4.69, 9.17) is 10.2 Å². The molecule has 2 unspecified atom stereocenters. The first-order valence-electron chi connectivity index (χ1n) is 7.43. The summed E-state index contributed by atoms with van der Waals surface area (Å²) in [5.41, 5.74) is 0. The molecule has 1 aliphatic rings. The number of hydrogen-bond acceptors (Lipinski definition) is 5.